The van der Waals surface area contributed by atoms with E-state index < -0.39 is 83.9 Å². The second kappa shape index (κ2) is 24.4. The SMILES string of the molecule is CO[C@H]1C[C@@H]2CC[C@@H](C)[C@@](O)(O2)C(=O)C(=O)N2CCC[C@H]2C(=O)O[C@H]([C@H](C)C[C@@H]2CC[C@@H](O)[C@H](OC)C2)CC(=O)[C@H](C)/C=C(\C)[C@@H](O)[C@@H](OC)C(=O)[C@H](C)C[C@H](C)/C=C/C=C/C=C/1C. The van der Waals surface area contributed by atoms with Crippen LogP contribution in [0.2, 0.25) is 0 Å². The number of carbonyl (C=O) groups is 5. The Labute approximate surface area is 380 Å². The summed E-state index contributed by atoms with van der Waals surface area (Å²) in [4.78, 5) is 71.2. The molecular weight excluding hydrogens is 823 g/mol. The van der Waals surface area contributed by atoms with Crippen LogP contribution in [-0.4, -0.2) is 132 Å². The molecule has 1 amide bonds. The van der Waals surface area contributed by atoms with Gasteiger partial charge in [0.15, 0.2) is 5.78 Å². The number of ether oxygens (including phenoxy) is 5. The van der Waals surface area contributed by atoms with Crippen LogP contribution in [0.25, 0.3) is 0 Å². The fraction of sp³-hybridized carbons (Fsp3) is 0.740. The summed E-state index contributed by atoms with van der Waals surface area (Å²) < 4.78 is 29.2. The van der Waals surface area contributed by atoms with Crippen LogP contribution in [0.4, 0.5) is 0 Å². The lowest BCUT2D eigenvalue weighted by Crippen LogP contribution is -2.59. The molecule has 360 valence electrons. The fourth-order valence-corrected chi connectivity index (χ4v) is 9.95. The monoisotopic (exact) mass is 900 g/mol. The molecule has 0 aromatic rings. The van der Waals surface area contributed by atoms with Crippen molar-refractivity contribution in [3.63, 3.8) is 0 Å². The Kier molecular flexibility index (Phi) is 20.3. The van der Waals surface area contributed by atoms with E-state index in [1.54, 1.807) is 41.1 Å². The maximum atomic E-state index is 14.2. The number of fused-ring (bicyclic) bond motifs is 3. The quantitative estimate of drug-likeness (QED) is 0.165. The molecule has 0 spiro atoms. The Bertz CT molecular complexity index is 1740. The zero-order chi connectivity index (χ0) is 47.5. The number of ketones is 3. The molecule has 3 heterocycles. The molecular formula is C50H77NO13. The molecule has 2 saturated heterocycles. The summed E-state index contributed by atoms with van der Waals surface area (Å²) in [5.74, 6) is -7.97. The number of allylic oxidation sites excluding steroid dienone is 6. The Balaban J connectivity index is 1.68. The number of amides is 1. The smallest absolute Gasteiger partial charge is 0.329 e. The summed E-state index contributed by atoms with van der Waals surface area (Å²) in [7, 11) is 4.51. The van der Waals surface area contributed by atoms with E-state index in [2.05, 4.69) is 0 Å². The highest BCUT2D eigenvalue weighted by Crippen LogP contribution is 2.38. The lowest BCUT2D eigenvalue weighted by molar-refractivity contribution is -0.265. The molecule has 0 radical (unpaired) electrons. The van der Waals surface area contributed by atoms with Crippen LogP contribution in [0.5, 0.6) is 0 Å². The third-order valence-electron chi connectivity index (χ3n) is 14.2. The standard InChI is InChI=1S/C50H77NO13/c1-29-15-12-11-13-16-30(2)41(60-8)27-37-20-18-35(7)50(59,64-37)47(56)48(57)51-22-14-17-38(51)49(58)63-42(32(4)25-36-19-21-39(52)43(26-36)61-9)28-40(53)31(3)24-34(6)45(55)46(62-10)44(54)33(5)23-29/h11-13,15-16,24,29,31-33,35-39,41-43,45-46,52,55,59H,14,17-23,25-28H2,1-10H3/b13-11+,15-12+,30-16+,34-24+/t29-,31-,32-,33-,35-,36+,37+,38+,39-,41+,42+,43-,45-,46+,50-/m1/s1. The zero-order valence-electron chi connectivity index (χ0n) is 39.9. The maximum absolute atomic E-state index is 14.2. The van der Waals surface area contributed by atoms with Gasteiger partial charge in [0.2, 0.25) is 5.79 Å². The van der Waals surface area contributed by atoms with Crippen molar-refractivity contribution in [2.24, 2.45) is 35.5 Å². The third kappa shape index (κ3) is 13.6. The number of aliphatic hydroxyl groups is 3. The number of hydrogen-bond acceptors (Lipinski definition) is 13. The van der Waals surface area contributed by atoms with Crippen LogP contribution in [0.3, 0.4) is 0 Å². The van der Waals surface area contributed by atoms with E-state index in [1.165, 1.54) is 7.11 Å². The molecule has 64 heavy (non-hydrogen) atoms. The minimum atomic E-state index is -2.42. The first kappa shape index (κ1) is 53.2. The summed E-state index contributed by atoms with van der Waals surface area (Å²) in [5, 5.41) is 33.7. The van der Waals surface area contributed by atoms with Crippen molar-refractivity contribution in [1.29, 1.82) is 0 Å². The fourth-order valence-electron chi connectivity index (χ4n) is 9.95. The lowest BCUT2D eigenvalue weighted by Gasteiger charge is -2.41. The maximum Gasteiger partial charge on any atom is 0.329 e. The Morgan fingerprint density at radius 2 is 1.58 bits per heavy atom. The van der Waals surface area contributed by atoms with E-state index in [4.69, 9.17) is 23.7 Å². The minimum absolute atomic E-state index is 0.0199. The Morgan fingerprint density at radius 1 is 0.859 bits per heavy atom. The van der Waals surface area contributed by atoms with Crippen molar-refractivity contribution < 1.29 is 63.0 Å². The summed E-state index contributed by atoms with van der Waals surface area (Å²) in [6, 6.07) is -1.13. The van der Waals surface area contributed by atoms with Gasteiger partial charge in [-0.05, 0) is 101 Å². The molecule has 3 aliphatic heterocycles. The number of methoxy groups -OCH3 is 3. The van der Waals surface area contributed by atoms with Crippen molar-refractivity contribution in [3.05, 3.63) is 47.6 Å². The Hall–Kier alpha value is -3.37. The number of esters is 1. The summed E-state index contributed by atoms with van der Waals surface area (Å²) in [5.41, 5.74) is 1.26. The summed E-state index contributed by atoms with van der Waals surface area (Å²) >= 11 is 0. The molecule has 4 rings (SSSR count). The number of cyclic esters (lactones) is 1. The normalized spacial score (nSPS) is 40.7. The second-order valence-corrected chi connectivity index (χ2v) is 19.2. The second-order valence-electron chi connectivity index (χ2n) is 19.2. The average Bonchev–Trinajstić information content (AvgIpc) is 3.76. The van der Waals surface area contributed by atoms with Crippen molar-refractivity contribution >= 4 is 29.2 Å². The highest BCUT2D eigenvalue weighted by molar-refractivity contribution is 6.39. The Morgan fingerprint density at radius 3 is 2.25 bits per heavy atom. The minimum Gasteiger partial charge on any atom is -0.460 e. The van der Waals surface area contributed by atoms with Gasteiger partial charge >= 0.3 is 5.97 Å². The van der Waals surface area contributed by atoms with Gasteiger partial charge in [0.05, 0.1) is 24.4 Å². The van der Waals surface area contributed by atoms with Crippen molar-refractivity contribution in [1.82, 2.24) is 4.90 Å². The van der Waals surface area contributed by atoms with Gasteiger partial charge in [0, 0.05) is 58.5 Å². The molecule has 15 atom stereocenters. The number of nitrogens with zero attached hydrogens (tertiary/aromatic N) is 1. The topological polar surface area (TPSA) is 195 Å². The summed E-state index contributed by atoms with van der Waals surface area (Å²) in [6.07, 6.45) is 10.5. The van der Waals surface area contributed by atoms with Gasteiger partial charge in [-0.2, -0.15) is 0 Å². The van der Waals surface area contributed by atoms with E-state index in [9.17, 15) is 39.3 Å². The molecule has 14 nitrogen and oxygen atoms in total. The molecule has 2 bridgehead atoms. The largest absolute Gasteiger partial charge is 0.460 e. The van der Waals surface area contributed by atoms with Crippen LogP contribution in [0.1, 0.15) is 119 Å². The third-order valence-corrected chi connectivity index (χ3v) is 14.2. The van der Waals surface area contributed by atoms with E-state index in [-0.39, 0.29) is 54.8 Å². The van der Waals surface area contributed by atoms with E-state index in [0.717, 1.165) is 16.9 Å². The molecule has 3 fully saturated rings. The van der Waals surface area contributed by atoms with Gasteiger partial charge in [-0.25, -0.2) is 4.79 Å². The van der Waals surface area contributed by atoms with E-state index in [0.29, 0.717) is 56.9 Å². The van der Waals surface area contributed by atoms with E-state index in [1.807, 2.05) is 58.1 Å². The van der Waals surface area contributed by atoms with Crippen molar-refractivity contribution in [2.45, 2.75) is 174 Å². The van der Waals surface area contributed by atoms with Crippen molar-refractivity contribution in [3.8, 4) is 0 Å². The highest BCUT2D eigenvalue weighted by Gasteiger charge is 2.53. The molecule has 0 aromatic carbocycles. The van der Waals surface area contributed by atoms with Crippen molar-refractivity contribution in [2.75, 3.05) is 27.9 Å². The summed E-state index contributed by atoms with van der Waals surface area (Å²) in [6.45, 7) is 12.7. The molecule has 0 aromatic heterocycles. The molecule has 14 heteroatoms. The first-order valence-corrected chi connectivity index (χ1v) is 23.4. The highest BCUT2D eigenvalue weighted by atomic mass is 16.6. The lowest BCUT2D eigenvalue weighted by atomic mass is 9.78. The molecule has 3 N–H and O–H groups in total. The van der Waals surface area contributed by atoms with Crippen LogP contribution in [0.15, 0.2) is 47.6 Å². The van der Waals surface area contributed by atoms with Gasteiger partial charge < -0.3 is 43.9 Å². The molecule has 1 saturated carbocycles. The number of aliphatic hydroxyl groups excluding tert-OH is 2. The predicted octanol–water partition coefficient (Wildman–Crippen LogP) is 5.79. The van der Waals surface area contributed by atoms with Gasteiger partial charge in [0.1, 0.15) is 30.1 Å². The number of hydrogen-bond donors (Lipinski definition) is 3. The molecule has 0 unspecified atom stereocenters. The van der Waals surface area contributed by atoms with Gasteiger partial charge in [-0.3, -0.25) is 19.2 Å². The van der Waals surface area contributed by atoms with Gasteiger partial charge in [-0.15, -0.1) is 0 Å². The van der Waals surface area contributed by atoms with Crippen LogP contribution >= 0.6 is 0 Å². The van der Waals surface area contributed by atoms with Gasteiger partial charge in [-0.1, -0.05) is 71.1 Å². The van der Waals surface area contributed by atoms with Crippen LogP contribution in [-0.2, 0) is 47.7 Å². The van der Waals surface area contributed by atoms with Crippen LogP contribution < -0.4 is 0 Å². The number of rotatable bonds is 6. The first-order chi connectivity index (χ1) is 30.2. The zero-order valence-corrected chi connectivity index (χ0v) is 39.9. The van der Waals surface area contributed by atoms with Crippen LogP contribution in [0, 0.1) is 35.5 Å². The van der Waals surface area contributed by atoms with E-state index >= 15 is 0 Å². The number of carbonyl (C=O) groups excluding carboxylic acids is 5. The predicted molar refractivity (Wildman–Crippen MR) is 241 cm³/mol. The van der Waals surface area contributed by atoms with Gasteiger partial charge in [0.25, 0.3) is 11.7 Å². The number of Topliss-reactive ketones (excluding diaryl/α,β-unsaturated/α-hetero) is 3. The molecule has 1 aliphatic carbocycles. The average molecular weight is 900 g/mol. The molecule has 4 aliphatic rings. The first-order valence-electron chi connectivity index (χ1n) is 23.4.